The lowest BCUT2D eigenvalue weighted by molar-refractivity contribution is 0.112. The van der Waals surface area contributed by atoms with E-state index in [4.69, 9.17) is 0 Å². The van der Waals surface area contributed by atoms with Crippen LogP contribution >= 0.6 is 0 Å². The van der Waals surface area contributed by atoms with E-state index in [1.807, 2.05) is 42.5 Å². The first-order chi connectivity index (χ1) is 8.38. The van der Waals surface area contributed by atoms with Crippen LogP contribution in [0.15, 0.2) is 48.5 Å². The van der Waals surface area contributed by atoms with Crippen molar-refractivity contribution in [2.75, 3.05) is 0 Å². The van der Waals surface area contributed by atoms with E-state index in [-0.39, 0.29) is 0 Å². The van der Waals surface area contributed by atoms with Gasteiger partial charge in [0.25, 0.3) is 0 Å². The average Bonchev–Trinajstić information content (AvgIpc) is 2.82. The molecule has 3 aromatic rings. The molecule has 82 valence electrons. The molecule has 0 atom stereocenters. The number of rotatable bonds is 2. The molecule has 0 aliphatic heterocycles. The highest BCUT2D eigenvalue weighted by atomic mass is 16.1. The molecule has 0 fully saturated rings. The third kappa shape index (κ3) is 1.59. The topological polar surface area (TPSA) is 47.8 Å². The summed E-state index contributed by atoms with van der Waals surface area (Å²) in [5.41, 5.74) is 2.90. The fourth-order valence-corrected chi connectivity index (χ4v) is 1.74. The quantitative estimate of drug-likeness (QED) is 0.626. The Balaban J connectivity index is 2.23. The molecule has 0 unspecified atom stereocenters. The van der Waals surface area contributed by atoms with Gasteiger partial charge in [-0.2, -0.15) is 0 Å². The summed E-state index contributed by atoms with van der Waals surface area (Å²) in [4.78, 5) is 12.4. The van der Waals surface area contributed by atoms with Crippen LogP contribution in [-0.4, -0.2) is 21.3 Å². The summed E-state index contributed by atoms with van der Waals surface area (Å²) in [6.07, 6.45) is 0.809. The van der Waals surface area contributed by atoms with E-state index in [9.17, 15) is 4.79 Å². The third-order valence-electron chi connectivity index (χ3n) is 2.57. The highest BCUT2D eigenvalue weighted by Crippen LogP contribution is 2.14. The molecule has 4 heteroatoms. The number of para-hydroxylation sites is 1. The first-order valence-corrected chi connectivity index (χ1v) is 5.25. The number of fused-ring (bicyclic) bond motifs is 1. The summed E-state index contributed by atoms with van der Waals surface area (Å²) >= 11 is 0. The Kier molecular flexibility index (Phi) is 2.19. The second kappa shape index (κ2) is 3.83. The normalized spacial score (nSPS) is 10.6. The molecule has 0 spiro atoms. The Bertz CT molecular complexity index is 655. The zero-order valence-corrected chi connectivity index (χ0v) is 8.95. The number of aromatic nitrogens is 3. The second-order valence-electron chi connectivity index (χ2n) is 3.65. The standard InChI is InChI=1S/C13H9N3O/c17-9-10-5-1-4-8-13(10)16-14-11-6-2-3-7-12(11)15-16/h1-9H. The van der Waals surface area contributed by atoms with Crippen molar-refractivity contribution in [1.29, 1.82) is 0 Å². The number of aldehydes is 1. The molecular formula is C13H9N3O. The van der Waals surface area contributed by atoms with Gasteiger partial charge in [-0.1, -0.05) is 24.3 Å². The minimum Gasteiger partial charge on any atom is -0.298 e. The Morgan fingerprint density at radius 3 is 2.12 bits per heavy atom. The summed E-state index contributed by atoms with van der Waals surface area (Å²) in [6, 6.07) is 14.8. The molecule has 2 aromatic carbocycles. The zero-order chi connectivity index (χ0) is 11.7. The maximum atomic E-state index is 10.9. The van der Waals surface area contributed by atoms with Crippen molar-refractivity contribution in [3.05, 3.63) is 54.1 Å². The van der Waals surface area contributed by atoms with Crippen LogP contribution in [0.2, 0.25) is 0 Å². The summed E-state index contributed by atoms with van der Waals surface area (Å²) in [6.45, 7) is 0. The number of hydrogen-bond donors (Lipinski definition) is 0. The van der Waals surface area contributed by atoms with Gasteiger partial charge in [0.05, 0.1) is 5.69 Å². The number of carbonyl (C=O) groups excluding carboxylic acids is 1. The summed E-state index contributed by atoms with van der Waals surface area (Å²) in [5.74, 6) is 0. The van der Waals surface area contributed by atoms with Gasteiger partial charge in [0.2, 0.25) is 0 Å². The van der Waals surface area contributed by atoms with Crippen molar-refractivity contribution in [2.45, 2.75) is 0 Å². The molecule has 4 nitrogen and oxygen atoms in total. The highest BCUT2D eigenvalue weighted by molar-refractivity contribution is 5.81. The molecule has 0 saturated carbocycles. The summed E-state index contributed by atoms with van der Waals surface area (Å²) in [7, 11) is 0. The molecule has 3 rings (SSSR count). The molecule has 0 N–H and O–H groups in total. The van der Waals surface area contributed by atoms with Crippen LogP contribution < -0.4 is 0 Å². The Hall–Kier alpha value is -2.49. The van der Waals surface area contributed by atoms with Crippen molar-refractivity contribution >= 4 is 17.3 Å². The molecule has 0 bridgehead atoms. The Morgan fingerprint density at radius 2 is 1.47 bits per heavy atom. The van der Waals surface area contributed by atoms with Gasteiger partial charge in [0.15, 0.2) is 6.29 Å². The van der Waals surface area contributed by atoms with Crippen LogP contribution in [0, 0.1) is 0 Å². The summed E-state index contributed by atoms with van der Waals surface area (Å²) in [5, 5.41) is 8.68. The van der Waals surface area contributed by atoms with Crippen molar-refractivity contribution in [3.8, 4) is 5.69 Å². The Labute approximate surface area is 97.5 Å². The fourth-order valence-electron chi connectivity index (χ4n) is 1.74. The van der Waals surface area contributed by atoms with Crippen molar-refractivity contribution < 1.29 is 4.79 Å². The van der Waals surface area contributed by atoms with Crippen LogP contribution in [0.25, 0.3) is 16.7 Å². The number of hydrogen-bond acceptors (Lipinski definition) is 3. The van der Waals surface area contributed by atoms with Gasteiger partial charge in [0.1, 0.15) is 11.0 Å². The molecule has 0 amide bonds. The number of nitrogens with zero attached hydrogens (tertiary/aromatic N) is 3. The van der Waals surface area contributed by atoms with E-state index in [1.165, 1.54) is 4.80 Å². The van der Waals surface area contributed by atoms with Crippen LogP contribution in [0.3, 0.4) is 0 Å². The molecule has 0 aliphatic carbocycles. The first kappa shape index (κ1) is 9.72. The average molecular weight is 223 g/mol. The summed E-state index contributed by atoms with van der Waals surface area (Å²) < 4.78 is 0. The maximum Gasteiger partial charge on any atom is 0.152 e. The lowest BCUT2D eigenvalue weighted by atomic mass is 10.2. The van der Waals surface area contributed by atoms with E-state index >= 15 is 0 Å². The predicted octanol–water partition coefficient (Wildman–Crippen LogP) is 2.23. The van der Waals surface area contributed by atoms with Gasteiger partial charge in [0, 0.05) is 5.56 Å². The van der Waals surface area contributed by atoms with Gasteiger partial charge in [-0.25, -0.2) is 0 Å². The molecule has 1 heterocycles. The second-order valence-corrected chi connectivity index (χ2v) is 3.65. The number of carbonyl (C=O) groups is 1. The molecule has 0 radical (unpaired) electrons. The monoisotopic (exact) mass is 223 g/mol. The van der Waals surface area contributed by atoms with Crippen LogP contribution in [-0.2, 0) is 0 Å². The number of benzene rings is 2. The SMILES string of the molecule is O=Cc1ccccc1-n1nc2ccccc2n1. The van der Waals surface area contributed by atoms with Gasteiger partial charge < -0.3 is 0 Å². The lowest BCUT2D eigenvalue weighted by Gasteiger charge is -2.01. The first-order valence-electron chi connectivity index (χ1n) is 5.25. The minimum absolute atomic E-state index is 0.577. The molecule has 17 heavy (non-hydrogen) atoms. The van der Waals surface area contributed by atoms with Crippen molar-refractivity contribution in [3.63, 3.8) is 0 Å². The maximum absolute atomic E-state index is 10.9. The van der Waals surface area contributed by atoms with Crippen LogP contribution in [0.5, 0.6) is 0 Å². The smallest absolute Gasteiger partial charge is 0.152 e. The van der Waals surface area contributed by atoms with E-state index in [0.29, 0.717) is 11.3 Å². The molecule has 1 aromatic heterocycles. The van der Waals surface area contributed by atoms with E-state index in [0.717, 1.165) is 17.3 Å². The van der Waals surface area contributed by atoms with Crippen molar-refractivity contribution in [2.24, 2.45) is 0 Å². The van der Waals surface area contributed by atoms with Gasteiger partial charge >= 0.3 is 0 Å². The van der Waals surface area contributed by atoms with Gasteiger partial charge in [-0.15, -0.1) is 15.0 Å². The predicted molar refractivity (Wildman–Crippen MR) is 64.3 cm³/mol. The molecule has 0 saturated heterocycles. The van der Waals surface area contributed by atoms with Gasteiger partial charge in [-0.3, -0.25) is 4.79 Å². The lowest BCUT2D eigenvalue weighted by Crippen LogP contribution is -2.02. The van der Waals surface area contributed by atoms with E-state index < -0.39 is 0 Å². The van der Waals surface area contributed by atoms with E-state index in [2.05, 4.69) is 10.2 Å². The van der Waals surface area contributed by atoms with E-state index in [1.54, 1.807) is 6.07 Å². The van der Waals surface area contributed by atoms with Crippen LogP contribution in [0.1, 0.15) is 10.4 Å². The minimum atomic E-state index is 0.577. The highest BCUT2D eigenvalue weighted by Gasteiger charge is 2.07. The molecule has 0 aliphatic rings. The fraction of sp³-hybridized carbons (Fsp3) is 0. The largest absolute Gasteiger partial charge is 0.298 e. The van der Waals surface area contributed by atoms with Crippen molar-refractivity contribution in [1.82, 2.24) is 15.0 Å². The molecular weight excluding hydrogens is 214 g/mol. The van der Waals surface area contributed by atoms with Gasteiger partial charge in [-0.05, 0) is 24.3 Å². The third-order valence-corrected chi connectivity index (χ3v) is 2.57. The Morgan fingerprint density at radius 1 is 0.882 bits per heavy atom. The zero-order valence-electron chi connectivity index (χ0n) is 8.95. The van der Waals surface area contributed by atoms with Crippen LogP contribution in [0.4, 0.5) is 0 Å².